The summed E-state index contributed by atoms with van der Waals surface area (Å²) in [6, 6.07) is 14.6. The lowest BCUT2D eigenvalue weighted by Gasteiger charge is -2.05. The average molecular weight is 425 g/mol. The smallest absolute Gasteiger partial charge is 0.270 e. The van der Waals surface area contributed by atoms with E-state index in [1.807, 2.05) is 41.9 Å². The number of furan rings is 1. The van der Waals surface area contributed by atoms with Gasteiger partial charge in [-0.3, -0.25) is 14.6 Å². The number of para-hydroxylation sites is 1. The fourth-order valence-corrected chi connectivity index (χ4v) is 3.50. The van der Waals surface area contributed by atoms with E-state index in [0.29, 0.717) is 29.3 Å². The second-order valence-electron chi connectivity index (χ2n) is 7.37. The summed E-state index contributed by atoms with van der Waals surface area (Å²) in [4.78, 5) is 32.9. The van der Waals surface area contributed by atoms with Gasteiger partial charge in [-0.1, -0.05) is 18.2 Å². The van der Waals surface area contributed by atoms with Crippen molar-refractivity contribution < 1.29 is 14.0 Å². The number of benzene rings is 1. The molecule has 0 saturated heterocycles. The van der Waals surface area contributed by atoms with Gasteiger partial charge in [-0.05, 0) is 36.4 Å². The van der Waals surface area contributed by atoms with Crippen LogP contribution in [0, 0.1) is 0 Å². The molecule has 158 valence electrons. The van der Waals surface area contributed by atoms with Crippen LogP contribution in [-0.2, 0) is 18.4 Å². The molecule has 2 amide bonds. The van der Waals surface area contributed by atoms with Gasteiger partial charge in [-0.15, -0.1) is 0 Å². The number of aromatic nitrogens is 3. The van der Waals surface area contributed by atoms with Gasteiger partial charge in [0.2, 0.25) is 0 Å². The molecule has 5 rings (SSSR count). The van der Waals surface area contributed by atoms with Gasteiger partial charge in [-0.25, -0.2) is 4.98 Å². The van der Waals surface area contributed by atoms with E-state index < -0.39 is 0 Å². The SMILES string of the molecule is Cn1cncc1CNC(=O)c1ccc(-c2ccc(C=C3C(=O)Nc4ccccc43)o2)cn1. The number of imidazole rings is 1. The highest BCUT2D eigenvalue weighted by Crippen LogP contribution is 2.33. The van der Waals surface area contributed by atoms with Gasteiger partial charge in [0.05, 0.1) is 24.1 Å². The largest absolute Gasteiger partial charge is 0.457 e. The number of pyridine rings is 1. The third-order valence-electron chi connectivity index (χ3n) is 5.25. The lowest BCUT2D eigenvalue weighted by molar-refractivity contribution is -0.110. The lowest BCUT2D eigenvalue weighted by atomic mass is 10.1. The van der Waals surface area contributed by atoms with Crippen LogP contribution in [0.5, 0.6) is 0 Å². The van der Waals surface area contributed by atoms with Crippen LogP contribution in [0.3, 0.4) is 0 Å². The Morgan fingerprint density at radius 3 is 2.81 bits per heavy atom. The molecule has 1 aliphatic rings. The van der Waals surface area contributed by atoms with Crippen molar-refractivity contribution in [2.75, 3.05) is 5.32 Å². The van der Waals surface area contributed by atoms with Crippen LogP contribution in [0.2, 0.25) is 0 Å². The maximum absolute atomic E-state index is 12.4. The Labute approximate surface area is 183 Å². The highest BCUT2D eigenvalue weighted by molar-refractivity contribution is 6.34. The summed E-state index contributed by atoms with van der Waals surface area (Å²) in [5.74, 6) is 0.721. The van der Waals surface area contributed by atoms with Gasteiger partial charge in [0.25, 0.3) is 11.8 Å². The molecule has 1 aliphatic heterocycles. The van der Waals surface area contributed by atoms with Crippen molar-refractivity contribution in [3.05, 3.63) is 90.0 Å². The molecule has 0 spiro atoms. The minimum atomic E-state index is -0.270. The Balaban J connectivity index is 1.30. The molecule has 32 heavy (non-hydrogen) atoms. The Hall–Kier alpha value is -4.46. The first kappa shape index (κ1) is 19.5. The van der Waals surface area contributed by atoms with E-state index >= 15 is 0 Å². The molecule has 0 atom stereocenters. The molecule has 8 heteroatoms. The zero-order valence-electron chi connectivity index (χ0n) is 17.2. The first-order valence-electron chi connectivity index (χ1n) is 10.0. The number of nitrogens with one attached hydrogen (secondary N) is 2. The lowest BCUT2D eigenvalue weighted by Crippen LogP contribution is -2.24. The molecule has 0 saturated carbocycles. The molecule has 0 aliphatic carbocycles. The zero-order valence-corrected chi connectivity index (χ0v) is 17.2. The van der Waals surface area contributed by atoms with E-state index in [9.17, 15) is 9.59 Å². The van der Waals surface area contributed by atoms with Crippen molar-refractivity contribution in [2.45, 2.75) is 6.54 Å². The van der Waals surface area contributed by atoms with E-state index in [4.69, 9.17) is 4.42 Å². The van der Waals surface area contributed by atoms with E-state index in [1.54, 1.807) is 43.0 Å². The van der Waals surface area contributed by atoms with Crippen LogP contribution in [-0.4, -0.2) is 26.3 Å². The van der Waals surface area contributed by atoms with Crippen molar-refractivity contribution in [1.82, 2.24) is 19.9 Å². The molecule has 2 N–H and O–H groups in total. The maximum atomic E-state index is 12.4. The highest BCUT2D eigenvalue weighted by Gasteiger charge is 2.23. The van der Waals surface area contributed by atoms with Gasteiger partial charge >= 0.3 is 0 Å². The molecule has 0 radical (unpaired) electrons. The van der Waals surface area contributed by atoms with Crippen LogP contribution in [0.1, 0.15) is 27.5 Å². The summed E-state index contributed by atoms with van der Waals surface area (Å²) in [5, 5.41) is 5.67. The van der Waals surface area contributed by atoms with Crippen molar-refractivity contribution in [3.63, 3.8) is 0 Å². The zero-order chi connectivity index (χ0) is 22.1. The quantitative estimate of drug-likeness (QED) is 0.477. The van der Waals surface area contributed by atoms with Gasteiger partial charge < -0.3 is 19.6 Å². The summed E-state index contributed by atoms with van der Waals surface area (Å²) in [7, 11) is 1.87. The van der Waals surface area contributed by atoms with Crippen molar-refractivity contribution in [3.8, 4) is 11.3 Å². The van der Waals surface area contributed by atoms with Crippen molar-refractivity contribution in [2.24, 2.45) is 7.05 Å². The third-order valence-corrected chi connectivity index (χ3v) is 5.25. The van der Waals surface area contributed by atoms with Crippen LogP contribution >= 0.6 is 0 Å². The summed E-state index contributed by atoms with van der Waals surface area (Å²) >= 11 is 0. The molecule has 8 nitrogen and oxygen atoms in total. The number of fused-ring (bicyclic) bond motifs is 1. The first-order chi connectivity index (χ1) is 15.6. The predicted molar refractivity (Wildman–Crippen MR) is 119 cm³/mol. The van der Waals surface area contributed by atoms with E-state index in [0.717, 1.165) is 22.5 Å². The van der Waals surface area contributed by atoms with Crippen molar-refractivity contribution >= 4 is 29.2 Å². The standard InChI is InChI=1S/C24H19N5O3/c1-29-14-25-12-16(29)13-27-24(31)21-8-6-15(11-26-21)22-9-7-17(32-22)10-19-18-4-2-3-5-20(18)28-23(19)30/h2-12,14H,13H2,1H3,(H,27,31)(H,28,30). The van der Waals surface area contributed by atoms with Crippen LogP contribution in [0.25, 0.3) is 23.0 Å². The number of carbonyl (C=O) groups is 2. The normalized spacial score (nSPS) is 13.8. The number of hydrogen-bond acceptors (Lipinski definition) is 5. The van der Waals surface area contributed by atoms with Gasteiger partial charge in [-0.2, -0.15) is 0 Å². The maximum Gasteiger partial charge on any atom is 0.270 e. The molecule has 3 aromatic heterocycles. The molecule has 4 aromatic rings. The molecule has 4 heterocycles. The summed E-state index contributed by atoms with van der Waals surface area (Å²) < 4.78 is 7.74. The van der Waals surface area contributed by atoms with Crippen LogP contribution < -0.4 is 10.6 Å². The summed E-state index contributed by atoms with van der Waals surface area (Å²) in [6.45, 7) is 0.367. The molecule has 0 fully saturated rings. The number of carbonyl (C=O) groups excluding carboxylic acids is 2. The monoisotopic (exact) mass is 425 g/mol. The van der Waals surface area contributed by atoms with E-state index in [-0.39, 0.29) is 11.8 Å². The Kier molecular flexibility index (Phi) is 4.87. The number of amides is 2. The third kappa shape index (κ3) is 3.69. The molecule has 1 aromatic carbocycles. The number of aryl methyl sites for hydroxylation is 1. The molecule has 0 unspecified atom stereocenters. The number of nitrogens with zero attached hydrogens (tertiary/aromatic N) is 3. The Morgan fingerprint density at radius 1 is 1.16 bits per heavy atom. The fourth-order valence-electron chi connectivity index (χ4n) is 3.50. The minimum absolute atomic E-state index is 0.160. The predicted octanol–water partition coefficient (Wildman–Crippen LogP) is 3.50. The topological polar surface area (TPSA) is 102 Å². The van der Waals surface area contributed by atoms with Crippen LogP contribution in [0.4, 0.5) is 5.69 Å². The molecular formula is C24H19N5O3. The van der Waals surface area contributed by atoms with E-state index in [1.165, 1.54) is 0 Å². The van der Waals surface area contributed by atoms with Gasteiger partial charge in [0.1, 0.15) is 17.2 Å². The summed E-state index contributed by atoms with van der Waals surface area (Å²) in [6.07, 6.45) is 6.69. The van der Waals surface area contributed by atoms with Crippen LogP contribution in [0.15, 0.2) is 71.7 Å². The van der Waals surface area contributed by atoms with E-state index in [2.05, 4.69) is 20.6 Å². The second-order valence-corrected chi connectivity index (χ2v) is 7.37. The van der Waals surface area contributed by atoms with Crippen molar-refractivity contribution in [1.29, 1.82) is 0 Å². The summed E-state index contributed by atoms with van der Waals surface area (Å²) in [5.41, 5.74) is 4.12. The Morgan fingerprint density at radius 2 is 2.03 bits per heavy atom. The number of anilines is 1. The average Bonchev–Trinajstić information content (AvgIpc) is 3.52. The Bertz CT molecular complexity index is 1350. The minimum Gasteiger partial charge on any atom is -0.457 e. The van der Waals surface area contributed by atoms with Gasteiger partial charge in [0, 0.05) is 36.3 Å². The number of hydrogen-bond donors (Lipinski definition) is 2. The molecule has 0 bridgehead atoms. The second kappa shape index (κ2) is 7.99. The van der Waals surface area contributed by atoms with Gasteiger partial charge in [0.15, 0.2) is 0 Å². The molecular weight excluding hydrogens is 406 g/mol. The first-order valence-corrected chi connectivity index (χ1v) is 10.0. The fraction of sp³-hybridized carbons (Fsp3) is 0.0833. The highest BCUT2D eigenvalue weighted by atomic mass is 16.3. The number of rotatable bonds is 5.